The molecule has 0 unspecified atom stereocenters. The molecule has 1 amide bonds. The number of para-hydroxylation sites is 1. The first-order valence-corrected chi connectivity index (χ1v) is 10.3. The van der Waals surface area contributed by atoms with Gasteiger partial charge in [0.1, 0.15) is 5.82 Å². The van der Waals surface area contributed by atoms with E-state index in [1.807, 2.05) is 32.0 Å². The molecule has 0 saturated heterocycles. The van der Waals surface area contributed by atoms with Gasteiger partial charge in [0.15, 0.2) is 10.8 Å². The third kappa shape index (κ3) is 4.15. The van der Waals surface area contributed by atoms with Crippen molar-refractivity contribution in [2.75, 3.05) is 4.90 Å². The van der Waals surface area contributed by atoms with Gasteiger partial charge >= 0.3 is 5.97 Å². The average Bonchev–Trinajstić information content (AvgIpc) is 3.33. The van der Waals surface area contributed by atoms with E-state index in [0.29, 0.717) is 11.3 Å². The number of anilines is 2. The summed E-state index contributed by atoms with van der Waals surface area (Å²) in [5, 5.41) is 1.95. The average molecular weight is 435 g/mol. The Bertz CT molecular complexity index is 1260. The fraction of sp³-hybridized carbons (Fsp3) is 0.130. The Morgan fingerprint density at radius 2 is 1.94 bits per heavy atom. The van der Waals surface area contributed by atoms with Gasteiger partial charge in [-0.1, -0.05) is 18.2 Å². The van der Waals surface area contributed by atoms with Crippen LogP contribution in [0, 0.1) is 19.7 Å². The molecule has 0 radical (unpaired) electrons. The highest BCUT2D eigenvalue weighted by molar-refractivity contribution is 7.14. The molecule has 6 nitrogen and oxygen atoms in total. The maximum Gasteiger partial charge on any atom is 0.363 e. The maximum absolute atomic E-state index is 14.2. The summed E-state index contributed by atoms with van der Waals surface area (Å²) in [6.07, 6.45) is 1.48. The summed E-state index contributed by atoms with van der Waals surface area (Å²) in [5.41, 5.74) is 3.53. The van der Waals surface area contributed by atoms with Crippen LogP contribution in [0.1, 0.15) is 29.3 Å². The minimum Gasteiger partial charge on any atom is -0.402 e. The van der Waals surface area contributed by atoms with Crippen molar-refractivity contribution in [3.63, 3.8) is 0 Å². The molecule has 0 fully saturated rings. The Hall–Kier alpha value is -3.65. The number of nitrogens with zero attached hydrogens (tertiary/aromatic N) is 3. The van der Waals surface area contributed by atoms with Gasteiger partial charge in [0, 0.05) is 17.9 Å². The minimum atomic E-state index is -0.583. The quantitative estimate of drug-likeness (QED) is 0.430. The van der Waals surface area contributed by atoms with E-state index in [4.69, 9.17) is 4.74 Å². The monoisotopic (exact) mass is 435 g/mol. The smallest absolute Gasteiger partial charge is 0.363 e. The summed E-state index contributed by atoms with van der Waals surface area (Å²) in [6, 6.07) is 11.7. The number of ether oxygens (including phenoxy) is 1. The molecular weight excluding hydrogens is 417 g/mol. The van der Waals surface area contributed by atoms with Crippen molar-refractivity contribution in [1.82, 2.24) is 4.98 Å². The molecule has 0 bridgehead atoms. The SMILES string of the molecule is CC(=O)N(c1nc(/C=C2\N=C(c3ccc(C)c(C)c3)OC2=O)cs1)c1ccccc1F. The molecule has 1 aromatic heterocycles. The second kappa shape index (κ2) is 8.23. The molecule has 0 spiro atoms. The first kappa shape index (κ1) is 20.6. The lowest BCUT2D eigenvalue weighted by Gasteiger charge is -2.18. The first-order chi connectivity index (χ1) is 14.8. The van der Waals surface area contributed by atoms with Gasteiger partial charge in [0.25, 0.3) is 0 Å². The summed E-state index contributed by atoms with van der Waals surface area (Å²) in [6.45, 7) is 5.30. The number of aliphatic imine (C=N–C) groups is 1. The first-order valence-electron chi connectivity index (χ1n) is 9.44. The Balaban J connectivity index is 1.65. The van der Waals surface area contributed by atoms with Crippen LogP contribution in [0.3, 0.4) is 0 Å². The van der Waals surface area contributed by atoms with Crippen LogP contribution in [0.15, 0.2) is 58.5 Å². The van der Waals surface area contributed by atoms with Crippen molar-refractivity contribution in [3.05, 3.63) is 81.7 Å². The zero-order chi connectivity index (χ0) is 22.1. The topological polar surface area (TPSA) is 71.9 Å². The number of esters is 1. The summed E-state index contributed by atoms with van der Waals surface area (Å²) in [4.78, 5) is 34.3. The second-order valence-corrected chi connectivity index (χ2v) is 7.83. The van der Waals surface area contributed by atoms with Crippen LogP contribution in [0.4, 0.5) is 15.2 Å². The molecule has 1 aliphatic heterocycles. The fourth-order valence-corrected chi connectivity index (χ4v) is 3.87. The van der Waals surface area contributed by atoms with Gasteiger partial charge in [0.05, 0.1) is 11.4 Å². The van der Waals surface area contributed by atoms with E-state index < -0.39 is 11.8 Å². The van der Waals surface area contributed by atoms with Crippen molar-refractivity contribution in [3.8, 4) is 0 Å². The van der Waals surface area contributed by atoms with Gasteiger partial charge < -0.3 is 4.74 Å². The molecule has 1 aliphatic rings. The molecule has 0 atom stereocenters. The summed E-state index contributed by atoms with van der Waals surface area (Å²) < 4.78 is 19.5. The lowest BCUT2D eigenvalue weighted by molar-refractivity contribution is -0.130. The van der Waals surface area contributed by atoms with E-state index in [9.17, 15) is 14.0 Å². The number of hydrogen-bond donors (Lipinski definition) is 0. The molecule has 156 valence electrons. The molecule has 0 aliphatic carbocycles. The van der Waals surface area contributed by atoms with Crippen molar-refractivity contribution in [2.24, 2.45) is 4.99 Å². The number of benzene rings is 2. The number of hydrogen-bond acceptors (Lipinski definition) is 6. The number of carbonyl (C=O) groups is 2. The normalized spacial score (nSPS) is 14.5. The standard InChI is InChI=1S/C23H18FN3O3S/c1-13-8-9-16(10-14(13)2)21-26-19(22(29)30-21)11-17-12-31-23(25-17)27(15(3)28)20-7-5-4-6-18(20)24/h4-12H,1-3H3/b19-11-. The number of thiazole rings is 1. The largest absolute Gasteiger partial charge is 0.402 e. The van der Waals surface area contributed by atoms with Gasteiger partial charge in [0.2, 0.25) is 11.8 Å². The van der Waals surface area contributed by atoms with Gasteiger partial charge in [-0.05, 0) is 55.3 Å². The Morgan fingerprint density at radius 3 is 2.65 bits per heavy atom. The zero-order valence-corrected chi connectivity index (χ0v) is 17.9. The van der Waals surface area contributed by atoms with Crippen LogP contribution in [0.25, 0.3) is 6.08 Å². The third-order valence-corrected chi connectivity index (χ3v) is 5.61. The lowest BCUT2D eigenvalue weighted by atomic mass is 10.1. The van der Waals surface area contributed by atoms with Gasteiger partial charge in [-0.3, -0.25) is 9.69 Å². The van der Waals surface area contributed by atoms with Crippen molar-refractivity contribution in [2.45, 2.75) is 20.8 Å². The predicted molar refractivity (Wildman–Crippen MR) is 118 cm³/mol. The van der Waals surface area contributed by atoms with Crippen molar-refractivity contribution in [1.29, 1.82) is 0 Å². The van der Waals surface area contributed by atoms with E-state index in [1.54, 1.807) is 17.5 Å². The van der Waals surface area contributed by atoms with E-state index in [-0.39, 0.29) is 28.3 Å². The highest BCUT2D eigenvalue weighted by atomic mass is 32.1. The second-order valence-electron chi connectivity index (χ2n) is 7.00. The molecule has 2 aromatic carbocycles. The predicted octanol–water partition coefficient (Wildman–Crippen LogP) is 4.93. The fourth-order valence-electron chi connectivity index (χ4n) is 3.03. The lowest BCUT2D eigenvalue weighted by Crippen LogP contribution is -2.23. The molecule has 3 aromatic rings. The Kier molecular flexibility index (Phi) is 5.48. The highest BCUT2D eigenvalue weighted by Crippen LogP contribution is 2.31. The Morgan fingerprint density at radius 1 is 1.16 bits per heavy atom. The van der Waals surface area contributed by atoms with E-state index in [1.165, 1.54) is 30.0 Å². The van der Waals surface area contributed by atoms with E-state index in [0.717, 1.165) is 22.5 Å². The van der Waals surface area contributed by atoms with Gasteiger partial charge in [-0.25, -0.2) is 19.2 Å². The van der Waals surface area contributed by atoms with Crippen molar-refractivity contribution >= 4 is 46.0 Å². The molecule has 0 saturated carbocycles. The van der Waals surface area contributed by atoms with Crippen LogP contribution >= 0.6 is 11.3 Å². The van der Waals surface area contributed by atoms with Crippen LogP contribution in [-0.2, 0) is 14.3 Å². The van der Waals surface area contributed by atoms with Crippen LogP contribution < -0.4 is 4.90 Å². The van der Waals surface area contributed by atoms with E-state index >= 15 is 0 Å². The zero-order valence-electron chi connectivity index (χ0n) is 17.0. The van der Waals surface area contributed by atoms with Crippen LogP contribution in [-0.4, -0.2) is 22.8 Å². The highest BCUT2D eigenvalue weighted by Gasteiger charge is 2.25. The maximum atomic E-state index is 14.2. The number of aromatic nitrogens is 1. The minimum absolute atomic E-state index is 0.102. The number of carbonyl (C=O) groups excluding carboxylic acids is 2. The number of cyclic esters (lactones) is 1. The molecular formula is C23H18FN3O3S. The molecule has 2 heterocycles. The molecule has 31 heavy (non-hydrogen) atoms. The van der Waals surface area contributed by atoms with Crippen LogP contribution in [0.2, 0.25) is 0 Å². The molecule has 4 rings (SSSR count). The summed E-state index contributed by atoms with van der Waals surface area (Å²) >= 11 is 1.16. The number of amides is 1. The summed E-state index contributed by atoms with van der Waals surface area (Å²) in [7, 11) is 0. The molecule has 0 N–H and O–H groups in total. The Labute approximate surface area is 182 Å². The number of aryl methyl sites for hydroxylation is 2. The van der Waals surface area contributed by atoms with E-state index in [2.05, 4.69) is 9.98 Å². The van der Waals surface area contributed by atoms with Crippen LogP contribution in [0.5, 0.6) is 0 Å². The number of halogens is 1. The third-order valence-electron chi connectivity index (χ3n) is 4.77. The van der Waals surface area contributed by atoms with Gasteiger partial charge in [-0.15, -0.1) is 11.3 Å². The van der Waals surface area contributed by atoms with Gasteiger partial charge in [-0.2, -0.15) is 0 Å². The van der Waals surface area contributed by atoms with Crippen molar-refractivity contribution < 1.29 is 18.7 Å². The number of rotatable bonds is 4. The summed E-state index contributed by atoms with van der Waals surface area (Å²) in [5.74, 6) is -1.27. The molecule has 8 heteroatoms.